The molecule has 2 aliphatic rings. The number of carbonyl (C=O) groups excluding carboxylic acids is 1. The van der Waals surface area contributed by atoms with E-state index in [9.17, 15) is 13.2 Å². The van der Waals surface area contributed by atoms with E-state index < -0.39 is 10.0 Å². The first-order valence-corrected chi connectivity index (χ1v) is 8.22. The molecule has 6 nitrogen and oxygen atoms in total. The van der Waals surface area contributed by atoms with E-state index >= 15 is 0 Å². The third-order valence-corrected chi connectivity index (χ3v) is 5.14. The molecule has 112 valence electrons. The van der Waals surface area contributed by atoms with E-state index in [1.54, 1.807) is 4.90 Å². The Kier molecular flexibility index (Phi) is 5.61. The molecule has 2 N–H and O–H groups in total. The van der Waals surface area contributed by atoms with Gasteiger partial charge < -0.3 is 10.6 Å². The van der Waals surface area contributed by atoms with Crippen LogP contribution in [-0.4, -0.2) is 62.0 Å². The maximum atomic E-state index is 12.2. The first-order valence-electron chi connectivity index (χ1n) is 6.37. The molecule has 1 aliphatic heterocycles. The Bertz CT molecular complexity index is 421. The van der Waals surface area contributed by atoms with Crippen LogP contribution in [0.2, 0.25) is 0 Å². The average Bonchev–Trinajstić information content (AvgIpc) is 2.74. The molecule has 1 heterocycles. The minimum absolute atomic E-state index is 0. The number of amides is 1. The van der Waals surface area contributed by atoms with Gasteiger partial charge in [-0.25, -0.2) is 8.42 Å². The number of nitrogens with two attached hydrogens (primary N) is 1. The van der Waals surface area contributed by atoms with E-state index in [2.05, 4.69) is 0 Å². The molecular formula is C11H22ClN3O3S. The molecule has 19 heavy (non-hydrogen) atoms. The Morgan fingerprint density at radius 1 is 1.16 bits per heavy atom. The van der Waals surface area contributed by atoms with Gasteiger partial charge in [-0.05, 0) is 19.3 Å². The molecule has 2 fully saturated rings. The first kappa shape index (κ1) is 16.7. The number of hydrogen-bond donors (Lipinski definition) is 1. The Labute approximate surface area is 120 Å². The van der Waals surface area contributed by atoms with E-state index in [0.717, 1.165) is 19.3 Å². The lowest BCUT2D eigenvalue weighted by Gasteiger charge is -2.34. The summed E-state index contributed by atoms with van der Waals surface area (Å²) in [6, 6.07) is 0.149. The number of sulfonamides is 1. The number of halogens is 1. The van der Waals surface area contributed by atoms with Gasteiger partial charge in [0.15, 0.2) is 0 Å². The highest BCUT2D eigenvalue weighted by Crippen LogP contribution is 2.26. The molecule has 1 amide bonds. The Balaban J connectivity index is 0.00000180. The summed E-state index contributed by atoms with van der Waals surface area (Å²) >= 11 is 0. The molecule has 0 radical (unpaired) electrons. The molecular weight excluding hydrogens is 290 g/mol. The lowest BCUT2D eigenvalue weighted by atomic mass is 10.1. The van der Waals surface area contributed by atoms with Crippen LogP contribution in [0.3, 0.4) is 0 Å². The van der Waals surface area contributed by atoms with Crippen LogP contribution in [0.4, 0.5) is 0 Å². The second kappa shape index (κ2) is 6.39. The van der Waals surface area contributed by atoms with Crippen LogP contribution in [0.15, 0.2) is 0 Å². The molecule has 8 heteroatoms. The predicted molar refractivity (Wildman–Crippen MR) is 75.6 cm³/mol. The highest BCUT2D eigenvalue weighted by Gasteiger charge is 2.33. The summed E-state index contributed by atoms with van der Waals surface area (Å²) in [5.41, 5.74) is 5.81. The SMILES string of the molecule is CS(=O)(=O)N1CCN(C(=O)C2CCC(N)C2)CC1.Cl. The van der Waals surface area contributed by atoms with Crippen LogP contribution in [0.1, 0.15) is 19.3 Å². The smallest absolute Gasteiger partial charge is 0.225 e. The van der Waals surface area contributed by atoms with Gasteiger partial charge in [0.25, 0.3) is 0 Å². The Hall–Kier alpha value is -0.370. The molecule has 2 unspecified atom stereocenters. The summed E-state index contributed by atoms with van der Waals surface area (Å²) in [4.78, 5) is 14.0. The predicted octanol–water partition coefficient (Wildman–Crippen LogP) is -0.361. The van der Waals surface area contributed by atoms with E-state index in [0.29, 0.717) is 26.2 Å². The van der Waals surface area contributed by atoms with Gasteiger partial charge in [-0.1, -0.05) is 0 Å². The van der Waals surface area contributed by atoms with Crippen LogP contribution < -0.4 is 5.73 Å². The quantitative estimate of drug-likeness (QED) is 0.755. The highest BCUT2D eigenvalue weighted by atomic mass is 35.5. The van der Waals surface area contributed by atoms with E-state index in [4.69, 9.17) is 5.73 Å². The minimum Gasteiger partial charge on any atom is -0.340 e. The maximum Gasteiger partial charge on any atom is 0.225 e. The molecule has 0 aromatic rings. The van der Waals surface area contributed by atoms with Crippen LogP contribution in [0, 0.1) is 5.92 Å². The molecule has 1 saturated heterocycles. The molecule has 0 spiro atoms. The van der Waals surface area contributed by atoms with Crippen molar-refractivity contribution in [1.82, 2.24) is 9.21 Å². The zero-order valence-electron chi connectivity index (χ0n) is 11.1. The van der Waals surface area contributed by atoms with Crippen molar-refractivity contribution in [3.05, 3.63) is 0 Å². The van der Waals surface area contributed by atoms with E-state index in [1.807, 2.05) is 0 Å². The van der Waals surface area contributed by atoms with Crippen molar-refractivity contribution in [2.24, 2.45) is 11.7 Å². The number of carbonyl (C=O) groups is 1. The number of piperazine rings is 1. The molecule has 2 atom stereocenters. The van der Waals surface area contributed by atoms with Crippen LogP contribution >= 0.6 is 12.4 Å². The van der Waals surface area contributed by atoms with Gasteiger partial charge in [-0.2, -0.15) is 4.31 Å². The van der Waals surface area contributed by atoms with Crippen molar-refractivity contribution >= 4 is 28.3 Å². The largest absolute Gasteiger partial charge is 0.340 e. The highest BCUT2D eigenvalue weighted by molar-refractivity contribution is 7.88. The fourth-order valence-electron chi connectivity index (χ4n) is 2.74. The number of rotatable bonds is 2. The van der Waals surface area contributed by atoms with Crippen LogP contribution in [0.25, 0.3) is 0 Å². The van der Waals surface area contributed by atoms with Crippen molar-refractivity contribution in [3.63, 3.8) is 0 Å². The summed E-state index contributed by atoms with van der Waals surface area (Å²) in [6.07, 6.45) is 3.76. The lowest BCUT2D eigenvalue weighted by molar-refractivity contribution is -0.136. The van der Waals surface area contributed by atoms with Crippen molar-refractivity contribution in [2.45, 2.75) is 25.3 Å². The van der Waals surface area contributed by atoms with Gasteiger partial charge in [0.1, 0.15) is 0 Å². The average molecular weight is 312 g/mol. The van der Waals surface area contributed by atoms with Gasteiger partial charge in [-0.3, -0.25) is 4.79 Å². The van der Waals surface area contributed by atoms with Crippen molar-refractivity contribution in [3.8, 4) is 0 Å². The van der Waals surface area contributed by atoms with Crippen LogP contribution in [-0.2, 0) is 14.8 Å². The summed E-state index contributed by atoms with van der Waals surface area (Å²) in [7, 11) is -3.13. The third kappa shape index (κ3) is 4.05. The maximum absolute atomic E-state index is 12.2. The molecule has 1 saturated carbocycles. The van der Waals surface area contributed by atoms with E-state index in [-0.39, 0.29) is 30.3 Å². The standard InChI is InChI=1S/C11H21N3O3S.ClH/c1-18(16,17)14-6-4-13(5-7-14)11(15)9-2-3-10(12)8-9;/h9-10H,2-8,12H2,1H3;1H. The molecule has 0 bridgehead atoms. The summed E-state index contributed by atoms with van der Waals surface area (Å²) in [6.45, 7) is 1.81. The summed E-state index contributed by atoms with van der Waals surface area (Å²) < 4.78 is 24.2. The van der Waals surface area contributed by atoms with Gasteiger partial charge in [0.05, 0.1) is 6.26 Å². The minimum atomic E-state index is -3.13. The zero-order chi connectivity index (χ0) is 13.3. The number of nitrogens with zero attached hydrogens (tertiary/aromatic N) is 2. The van der Waals surface area contributed by atoms with Crippen molar-refractivity contribution in [1.29, 1.82) is 0 Å². The van der Waals surface area contributed by atoms with Gasteiger partial charge >= 0.3 is 0 Å². The fraction of sp³-hybridized carbons (Fsp3) is 0.909. The molecule has 0 aromatic heterocycles. The summed E-state index contributed by atoms with van der Waals surface area (Å²) in [5.74, 6) is 0.195. The van der Waals surface area contributed by atoms with E-state index in [1.165, 1.54) is 10.6 Å². The van der Waals surface area contributed by atoms with Gasteiger partial charge in [-0.15, -0.1) is 12.4 Å². The zero-order valence-corrected chi connectivity index (χ0v) is 12.8. The topological polar surface area (TPSA) is 83.7 Å². The third-order valence-electron chi connectivity index (χ3n) is 3.84. The summed E-state index contributed by atoms with van der Waals surface area (Å²) in [5, 5.41) is 0. The molecule has 2 rings (SSSR count). The Morgan fingerprint density at radius 2 is 1.74 bits per heavy atom. The Morgan fingerprint density at radius 3 is 2.16 bits per heavy atom. The van der Waals surface area contributed by atoms with Crippen molar-refractivity contribution < 1.29 is 13.2 Å². The van der Waals surface area contributed by atoms with Gasteiger partial charge in [0.2, 0.25) is 15.9 Å². The van der Waals surface area contributed by atoms with Gasteiger partial charge in [0, 0.05) is 38.1 Å². The lowest BCUT2D eigenvalue weighted by Crippen LogP contribution is -2.51. The number of hydrogen-bond acceptors (Lipinski definition) is 4. The van der Waals surface area contributed by atoms with Crippen molar-refractivity contribution in [2.75, 3.05) is 32.4 Å². The second-order valence-corrected chi connectivity index (χ2v) is 7.24. The molecule has 0 aromatic carbocycles. The monoisotopic (exact) mass is 311 g/mol. The first-order chi connectivity index (χ1) is 8.38. The second-order valence-electron chi connectivity index (χ2n) is 5.26. The fourth-order valence-corrected chi connectivity index (χ4v) is 3.57. The normalized spacial score (nSPS) is 29.1. The van der Waals surface area contributed by atoms with Crippen LogP contribution in [0.5, 0.6) is 0 Å². The molecule has 1 aliphatic carbocycles.